The fourth-order valence-corrected chi connectivity index (χ4v) is 3.04. The smallest absolute Gasteiger partial charge is 0.254 e. The van der Waals surface area contributed by atoms with Gasteiger partial charge in [0.2, 0.25) is 0 Å². The van der Waals surface area contributed by atoms with Gasteiger partial charge in [-0.25, -0.2) is 13.4 Å². The second-order valence-electron chi connectivity index (χ2n) is 6.54. The van der Waals surface area contributed by atoms with Crippen molar-refractivity contribution in [3.05, 3.63) is 17.6 Å². The largest absolute Gasteiger partial charge is 0.369 e. The summed E-state index contributed by atoms with van der Waals surface area (Å²) < 4.78 is 24.4. The van der Waals surface area contributed by atoms with E-state index in [2.05, 4.69) is 20.4 Å². The molecule has 1 N–H and O–H groups in total. The molecule has 0 atom stereocenters. The Hall–Kier alpha value is -1.70. The molecule has 22 heavy (non-hydrogen) atoms. The second-order valence-corrected chi connectivity index (χ2v) is 8.80. The molecule has 0 saturated carbocycles. The molecule has 2 rings (SSSR count). The number of anilines is 1. The molecular weight excluding hydrogens is 302 g/mol. The van der Waals surface area contributed by atoms with E-state index in [-0.39, 0.29) is 11.2 Å². The van der Waals surface area contributed by atoms with Crippen LogP contribution in [0.15, 0.2) is 6.33 Å². The van der Waals surface area contributed by atoms with Crippen molar-refractivity contribution < 1.29 is 8.42 Å². The average Bonchev–Trinajstić information content (AvgIpc) is 2.84. The third-order valence-electron chi connectivity index (χ3n) is 3.79. The number of aryl methyl sites for hydroxylation is 1. The van der Waals surface area contributed by atoms with Crippen molar-refractivity contribution in [2.24, 2.45) is 5.41 Å². The highest BCUT2D eigenvalue weighted by Crippen LogP contribution is 2.24. The highest BCUT2D eigenvalue weighted by molar-refractivity contribution is 7.90. The Morgan fingerprint density at radius 3 is 2.64 bits per heavy atom. The van der Waals surface area contributed by atoms with Crippen LogP contribution in [0.1, 0.15) is 31.5 Å². The first-order valence-corrected chi connectivity index (χ1v) is 9.24. The molecule has 0 aliphatic rings. The molecule has 8 heteroatoms. The Kier molecular flexibility index (Phi) is 4.42. The van der Waals surface area contributed by atoms with Crippen LogP contribution in [-0.4, -0.2) is 46.6 Å². The normalized spacial score (nSPS) is 12.8. The topological polar surface area (TPSA) is 89.2 Å². The first kappa shape index (κ1) is 16.7. The van der Waals surface area contributed by atoms with Gasteiger partial charge in [-0.1, -0.05) is 13.8 Å². The number of hydrogen-bond donors (Lipinski definition) is 1. The van der Waals surface area contributed by atoms with Crippen LogP contribution in [0.2, 0.25) is 0 Å². The zero-order valence-corrected chi connectivity index (χ0v) is 14.5. The number of sulfone groups is 1. The van der Waals surface area contributed by atoms with Crippen LogP contribution < -0.4 is 5.32 Å². The van der Waals surface area contributed by atoms with Crippen molar-refractivity contribution in [2.75, 3.05) is 23.9 Å². The molecule has 0 spiro atoms. The van der Waals surface area contributed by atoms with E-state index >= 15 is 0 Å². The molecule has 0 unspecified atom stereocenters. The molecule has 7 nitrogen and oxygen atoms in total. The van der Waals surface area contributed by atoms with E-state index in [1.165, 1.54) is 12.6 Å². The number of nitrogens with zero attached hydrogens (tertiary/aromatic N) is 4. The number of rotatable bonds is 6. The molecule has 0 aliphatic carbocycles. The van der Waals surface area contributed by atoms with Crippen LogP contribution in [0.3, 0.4) is 0 Å². The molecule has 0 radical (unpaired) electrons. The highest BCUT2D eigenvalue weighted by Gasteiger charge is 2.21. The van der Waals surface area contributed by atoms with Crippen molar-refractivity contribution in [3.63, 3.8) is 0 Å². The van der Waals surface area contributed by atoms with E-state index in [1.54, 1.807) is 4.52 Å². The quantitative estimate of drug-likeness (QED) is 0.868. The molecule has 0 bridgehead atoms. The molecule has 2 heterocycles. The molecular formula is C14H23N5O2S. The predicted octanol–water partition coefficient (Wildman–Crippen LogP) is 1.61. The summed E-state index contributed by atoms with van der Waals surface area (Å²) in [4.78, 5) is 8.49. The van der Waals surface area contributed by atoms with Gasteiger partial charge in [0.05, 0.1) is 5.75 Å². The van der Waals surface area contributed by atoms with Crippen LogP contribution in [0.25, 0.3) is 5.78 Å². The van der Waals surface area contributed by atoms with E-state index in [0.29, 0.717) is 18.7 Å². The van der Waals surface area contributed by atoms with E-state index in [1.807, 2.05) is 27.7 Å². The van der Waals surface area contributed by atoms with Crippen molar-refractivity contribution in [1.29, 1.82) is 0 Å². The molecule has 0 amide bonds. The van der Waals surface area contributed by atoms with E-state index in [9.17, 15) is 8.42 Å². The van der Waals surface area contributed by atoms with Crippen molar-refractivity contribution >= 4 is 21.4 Å². The van der Waals surface area contributed by atoms with Gasteiger partial charge in [0, 0.05) is 24.1 Å². The monoisotopic (exact) mass is 325 g/mol. The lowest BCUT2D eigenvalue weighted by molar-refractivity contribution is 0.376. The first-order chi connectivity index (χ1) is 10.1. The summed E-state index contributed by atoms with van der Waals surface area (Å²) >= 11 is 0. The average molecular weight is 325 g/mol. The molecule has 122 valence electrons. The second kappa shape index (κ2) is 5.83. The maximum Gasteiger partial charge on any atom is 0.254 e. The van der Waals surface area contributed by atoms with E-state index < -0.39 is 9.84 Å². The molecule has 0 saturated heterocycles. The van der Waals surface area contributed by atoms with Gasteiger partial charge in [-0.05, 0) is 25.7 Å². The number of fused-ring (bicyclic) bond motifs is 1. The lowest BCUT2D eigenvalue weighted by Gasteiger charge is -2.26. The fourth-order valence-electron chi connectivity index (χ4n) is 2.11. The summed E-state index contributed by atoms with van der Waals surface area (Å²) in [7, 11) is -2.95. The molecule has 2 aromatic heterocycles. The van der Waals surface area contributed by atoms with E-state index in [4.69, 9.17) is 0 Å². The van der Waals surface area contributed by atoms with Gasteiger partial charge in [-0.15, -0.1) is 0 Å². The van der Waals surface area contributed by atoms with Crippen molar-refractivity contribution in [1.82, 2.24) is 19.6 Å². The zero-order chi connectivity index (χ0) is 16.5. The Morgan fingerprint density at radius 1 is 1.32 bits per heavy atom. The van der Waals surface area contributed by atoms with Gasteiger partial charge < -0.3 is 5.32 Å². The van der Waals surface area contributed by atoms with Gasteiger partial charge in [-0.2, -0.15) is 14.6 Å². The van der Waals surface area contributed by atoms with Gasteiger partial charge in [0.15, 0.2) is 0 Å². The lowest BCUT2D eigenvalue weighted by atomic mass is 9.90. The number of hydrogen-bond acceptors (Lipinski definition) is 6. The van der Waals surface area contributed by atoms with Crippen molar-refractivity contribution in [2.45, 2.75) is 34.1 Å². The summed E-state index contributed by atoms with van der Waals surface area (Å²) in [6, 6.07) is 0. The minimum Gasteiger partial charge on any atom is -0.369 e. The SMILES string of the molecule is Cc1nc2ncnn2c(NCC(C)(C)CCS(C)(=O)=O)c1C. The maximum absolute atomic E-state index is 11.3. The third-order valence-corrected chi connectivity index (χ3v) is 4.74. The van der Waals surface area contributed by atoms with Crippen LogP contribution in [-0.2, 0) is 9.84 Å². The van der Waals surface area contributed by atoms with Crippen molar-refractivity contribution in [3.8, 4) is 0 Å². The zero-order valence-electron chi connectivity index (χ0n) is 13.7. The maximum atomic E-state index is 11.3. The summed E-state index contributed by atoms with van der Waals surface area (Å²) in [5, 5.41) is 7.58. The predicted molar refractivity (Wildman–Crippen MR) is 86.9 cm³/mol. The Labute approximate surface area is 131 Å². The van der Waals surface area contributed by atoms with Crippen LogP contribution in [0.4, 0.5) is 5.82 Å². The van der Waals surface area contributed by atoms with Gasteiger partial charge >= 0.3 is 0 Å². The molecule has 0 aliphatic heterocycles. The minimum absolute atomic E-state index is 0.153. The Balaban J connectivity index is 2.17. The first-order valence-electron chi connectivity index (χ1n) is 7.18. The van der Waals surface area contributed by atoms with Gasteiger partial charge in [-0.3, -0.25) is 0 Å². The van der Waals surface area contributed by atoms with Crippen LogP contribution >= 0.6 is 0 Å². The van der Waals surface area contributed by atoms with E-state index in [0.717, 1.165) is 17.1 Å². The molecule has 0 aromatic carbocycles. The summed E-state index contributed by atoms with van der Waals surface area (Å²) in [6.45, 7) is 8.65. The minimum atomic E-state index is -2.95. The highest BCUT2D eigenvalue weighted by atomic mass is 32.2. The van der Waals surface area contributed by atoms with Crippen LogP contribution in [0.5, 0.6) is 0 Å². The molecule has 2 aromatic rings. The third kappa shape index (κ3) is 3.94. The number of aromatic nitrogens is 4. The van der Waals surface area contributed by atoms with Crippen LogP contribution in [0, 0.1) is 19.3 Å². The summed E-state index contributed by atoms with van der Waals surface area (Å²) in [6.07, 6.45) is 3.34. The Bertz CT molecular complexity index is 780. The molecule has 0 fully saturated rings. The summed E-state index contributed by atoms with van der Waals surface area (Å²) in [5.74, 6) is 1.60. The van der Waals surface area contributed by atoms with Gasteiger partial charge in [0.1, 0.15) is 22.0 Å². The standard InChI is InChI=1S/C14H23N5O2S/c1-10-11(2)18-13-16-9-17-19(13)12(10)15-8-14(3,4)6-7-22(5,20)21/h9,15H,6-8H2,1-5H3. The Morgan fingerprint density at radius 2 is 2.00 bits per heavy atom. The van der Waals surface area contributed by atoms with Gasteiger partial charge in [0.25, 0.3) is 5.78 Å². The number of nitrogens with one attached hydrogen (secondary N) is 1. The lowest BCUT2D eigenvalue weighted by Crippen LogP contribution is -2.27. The fraction of sp³-hybridized carbons (Fsp3) is 0.643. The summed E-state index contributed by atoms with van der Waals surface area (Å²) in [5.41, 5.74) is 1.76.